The molecule has 0 radical (unpaired) electrons. The number of hydrogen-bond donors (Lipinski definition) is 0. The van der Waals surface area contributed by atoms with Gasteiger partial charge in [0, 0.05) is 12.3 Å². The smallest absolute Gasteiger partial charge is 0.262 e. The van der Waals surface area contributed by atoms with Gasteiger partial charge in [0.25, 0.3) is 5.56 Å². The van der Waals surface area contributed by atoms with Gasteiger partial charge in [0.1, 0.15) is 5.75 Å². The first-order chi connectivity index (χ1) is 14.6. The Bertz CT molecular complexity index is 1230. The highest BCUT2D eigenvalue weighted by Crippen LogP contribution is 2.23. The van der Waals surface area contributed by atoms with Crippen molar-refractivity contribution in [3.63, 3.8) is 0 Å². The first-order valence-electron chi connectivity index (χ1n) is 10.3. The summed E-state index contributed by atoms with van der Waals surface area (Å²) in [6, 6.07) is 13.9. The minimum atomic E-state index is -0.00857. The molecule has 2 aromatic heterocycles. The zero-order valence-corrected chi connectivity index (χ0v) is 18.4. The van der Waals surface area contributed by atoms with Gasteiger partial charge in [-0.3, -0.25) is 13.8 Å². The van der Waals surface area contributed by atoms with Crippen LogP contribution in [0.2, 0.25) is 0 Å². The summed E-state index contributed by atoms with van der Waals surface area (Å²) in [4.78, 5) is 12.9. The molecular weight excluding hydrogens is 396 g/mol. The molecule has 4 rings (SSSR count). The third-order valence-corrected chi connectivity index (χ3v) is 5.92. The van der Waals surface area contributed by atoms with Gasteiger partial charge in [-0.2, -0.15) is 0 Å². The molecule has 0 aliphatic carbocycles. The maximum absolute atomic E-state index is 12.9. The van der Waals surface area contributed by atoms with Crippen LogP contribution >= 0.6 is 11.8 Å². The lowest BCUT2D eigenvalue weighted by atomic mass is 10.1. The van der Waals surface area contributed by atoms with Gasteiger partial charge in [-0.1, -0.05) is 36.9 Å². The van der Waals surface area contributed by atoms with E-state index < -0.39 is 0 Å². The van der Waals surface area contributed by atoms with Gasteiger partial charge in [-0.05, 0) is 62.1 Å². The average molecular weight is 423 g/mol. The Morgan fingerprint density at radius 1 is 1.07 bits per heavy atom. The van der Waals surface area contributed by atoms with E-state index in [1.54, 1.807) is 16.3 Å². The van der Waals surface area contributed by atoms with Gasteiger partial charge in [-0.15, -0.1) is 10.2 Å². The fourth-order valence-corrected chi connectivity index (χ4v) is 4.53. The van der Waals surface area contributed by atoms with E-state index in [9.17, 15) is 4.79 Å². The number of rotatable bonds is 8. The second kappa shape index (κ2) is 8.92. The standard InChI is InChI=1S/C23H26N4O2S/c1-4-10-26-21(28)19-8-5-6-9-20(19)27-22(26)24-25-23(27)30-12-7-11-29-18-14-16(2)13-17(3)15-18/h5-6,8-9,13-15H,4,7,10-12H2,1-3H3. The second-order valence-corrected chi connectivity index (χ2v) is 8.53. The van der Waals surface area contributed by atoms with E-state index in [1.807, 2.05) is 28.7 Å². The van der Waals surface area contributed by atoms with Crippen LogP contribution < -0.4 is 10.3 Å². The molecule has 2 aromatic carbocycles. The molecule has 0 unspecified atom stereocenters. The fraction of sp³-hybridized carbons (Fsp3) is 0.348. The van der Waals surface area contributed by atoms with E-state index in [4.69, 9.17) is 4.74 Å². The van der Waals surface area contributed by atoms with Crippen molar-refractivity contribution >= 4 is 28.4 Å². The first-order valence-corrected chi connectivity index (χ1v) is 11.3. The predicted octanol–water partition coefficient (Wildman–Crippen LogP) is 4.63. The SMILES string of the molecule is CCCn1c(=O)c2ccccc2n2c(SCCCOc3cc(C)cc(C)c3)nnc12. The number of para-hydroxylation sites is 1. The van der Waals surface area contributed by atoms with Crippen LogP contribution in [0.5, 0.6) is 5.75 Å². The van der Waals surface area contributed by atoms with Crippen LogP contribution in [-0.4, -0.2) is 31.5 Å². The van der Waals surface area contributed by atoms with Gasteiger partial charge in [0.15, 0.2) is 5.16 Å². The fourth-order valence-electron chi connectivity index (χ4n) is 3.68. The Labute approximate surface area is 179 Å². The van der Waals surface area contributed by atoms with E-state index in [-0.39, 0.29) is 5.56 Å². The number of hydrogen-bond acceptors (Lipinski definition) is 5. The summed E-state index contributed by atoms with van der Waals surface area (Å²) >= 11 is 1.64. The second-order valence-electron chi connectivity index (χ2n) is 7.47. The van der Waals surface area contributed by atoms with Gasteiger partial charge in [0.05, 0.1) is 17.5 Å². The quantitative estimate of drug-likeness (QED) is 0.306. The summed E-state index contributed by atoms with van der Waals surface area (Å²) in [7, 11) is 0. The molecule has 7 heteroatoms. The number of fused-ring (bicyclic) bond motifs is 3. The molecule has 0 spiro atoms. The van der Waals surface area contributed by atoms with Crippen molar-refractivity contribution in [3.8, 4) is 5.75 Å². The van der Waals surface area contributed by atoms with Crippen molar-refractivity contribution in [2.24, 2.45) is 0 Å². The lowest BCUT2D eigenvalue weighted by Crippen LogP contribution is -2.23. The number of thioether (sulfide) groups is 1. The molecule has 4 aromatic rings. The third kappa shape index (κ3) is 4.07. The molecule has 0 bridgehead atoms. The Balaban J connectivity index is 1.51. The molecule has 0 N–H and O–H groups in total. The van der Waals surface area contributed by atoms with Gasteiger partial charge in [-0.25, -0.2) is 0 Å². The summed E-state index contributed by atoms with van der Waals surface area (Å²) in [6.45, 7) is 7.48. The molecule has 0 fully saturated rings. The van der Waals surface area contributed by atoms with Crippen molar-refractivity contribution in [3.05, 3.63) is 63.9 Å². The van der Waals surface area contributed by atoms with Crippen LogP contribution in [0.15, 0.2) is 52.4 Å². The highest BCUT2D eigenvalue weighted by Gasteiger charge is 2.16. The molecule has 0 saturated heterocycles. The van der Waals surface area contributed by atoms with E-state index >= 15 is 0 Å². The number of aromatic nitrogens is 4. The Hall–Kier alpha value is -2.80. The Morgan fingerprint density at radius 2 is 1.83 bits per heavy atom. The van der Waals surface area contributed by atoms with Crippen molar-refractivity contribution in [1.82, 2.24) is 19.2 Å². The monoisotopic (exact) mass is 422 g/mol. The van der Waals surface area contributed by atoms with Crippen LogP contribution in [0, 0.1) is 13.8 Å². The molecule has 0 saturated carbocycles. The molecule has 0 atom stereocenters. The topological polar surface area (TPSA) is 61.4 Å². The molecule has 156 valence electrons. The molecule has 0 amide bonds. The number of nitrogens with zero attached hydrogens (tertiary/aromatic N) is 4. The molecule has 0 aliphatic rings. The number of benzene rings is 2. The van der Waals surface area contributed by atoms with Gasteiger partial charge < -0.3 is 4.74 Å². The van der Waals surface area contributed by atoms with Crippen LogP contribution in [0.4, 0.5) is 0 Å². The maximum atomic E-state index is 12.9. The third-order valence-electron chi connectivity index (χ3n) is 4.91. The number of aryl methyl sites for hydroxylation is 3. The summed E-state index contributed by atoms with van der Waals surface area (Å²) in [5, 5.41) is 10.2. The summed E-state index contributed by atoms with van der Waals surface area (Å²) in [5.41, 5.74) is 3.26. The normalized spacial score (nSPS) is 11.4. The highest BCUT2D eigenvalue weighted by atomic mass is 32.2. The van der Waals surface area contributed by atoms with E-state index in [2.05, 4.69) is 49.2 Å². The summed E-state index contributed by atoms with van der Waals surface area (Å²) < 4.78 is 9.64. The van der Waals surface area contributed by atoms with Crippen molar-refractivity contribution in [2.45, 2.75) is 45.3 Å². The lowest BCUT2D eigenvalue weighted by molar-refractivity contribution is 0.318. The van der Waals surface area contributed by atoms with Gasteiger partial charge >= 0.3 is 0 Å². The first kappa shape index (κ1) is 20.5. The lowest BCUT2D eigenvalue weighted by Gasteiger charge is -2.10. The molecule has 6 nitrogen and oxygen atoms in total. The summed E-state index contributed by atoms with van der Waals surface area (Å²) in [6.07, 6.45) is 1.75. The molecule has 30 heavy (non-hydrogen) atoms. The Kier molecular flexibility index (Phi) is 6.08. The largest absolute Gasteiger partial charge is 0.494 e. The van der Waals surface area contributed by atoms with Crippen molar-refractivity contribution in [2.75, 3.05) is 12.4 Å². The maximum Gasteiger partial charge on any atom is 0.262 e. The average Bonchev–Trinajstić information content (AvgIpc) is 3.14. The Morgan fingerprint density at radius 3 is 2.60 bits per heavy atom. The molecular formula is C23H26N4O2S. The van der Waals surface area contributed by atoms with Crippen LogP contribution in [0.1, 0.15) is 30.9 Å². The minimum absolute atomic E-state index is 0.00857. The van der Waals surface area contributed by atoms with E-state index in [1.165, 1.54) is 11.1 Å². The van der Waals surface area contributed by atoms with Crippen LogP contribution in [0.25, 0.3) is 16.7 Å². The predicted molar refractivity (Wildman–Crippen MR) is 122 cm³/mol. The van der Waals surface area contributed by atoms with Crippen LogP contribution in [-0.2, 0) is 6.54 Å². The number of ether oxygens (including phenoxy) is 1. The van der Waals surface area contributed by atoms with Gasteiger partial charge in [0.2, 0.25) is 5.78 Å². The zero-order valence-electron chi connectivity index (χ0n) is 17.6. The van der Waals surface area contributed by atoms with Crippen molar-refractivity contribution < 1.29 is 4.74 Å². The van der Waals surface area contributed by atoms with Crippen molar-refractivity contribution in [1.29, 1.82) is 0 Å². The molecule has 0 aliphatic heterocycles. The molecule has 2 heterocycles. The van der Waals surface area contributed by atoms with E-state index in [0.717, 1.165) is 35.0 Å². The van der Waals surface area contributed by atoms with Crippen LogP contribution in [0.3, 0.4) is 0 Å². The van der Waals surface area contributed by atoms with E-state index in [0.29, 0.717) is 24.3 Å². The summed E-state index contributed by atoms with van der Waals surface area (Å²) in [5.74, 6) is 2.38. The zero-order chi connectivity index (χ0) is 21.1. The minimum Gasteiger partial charge on any atom is -0.494 e. The highest BCUT2D eigenvalue weighted by molar-refractivity contribution is 7.99.